The molecule has 0 aromatic rings. The summed E-state index contributed by atoms with van der Waals surface area (Å²) in [5.74, 6) is 0. The molecule has 2 aliphatic rings. The second-order valence-electron chi connectivity index (χ2n) is 4.31. The molecule has 1 spiro atoms. The fraction of sp³-hybridized carbons (Fsp3) is 0.900. The highest BCUT2D eigenvalue weighted by Gasteiger charge is 2.37. The third kappa shape index (κ3) is 1.85. The number of rotatable bonds is 0. The van der Waals surface area contributed by atoms with Crippen molar-refractivity contribution in [1.29, 1.82) is 0 Å². The number of amides is 1. The summed E-state index contributed by atoms with van der Waals surface area (Å²) in [5, 5.41) is 8.77. The SMILES string of the molecule is O=C(O)N1CCC2(CCCCC2)OC1. The zero-order chi connectivity index (χ0) is 10.0. The molecule has 4 nitrogen and oxygen atoms in total. The maximum absolute atomic E-state index is 10.7. The molecule has 1 N–H and O–H groups in total. The third-order valence-corrected chi connectivity index (χ3v) is 3.40. The van der Waals surface area contributed by atoms with E-state index in [-0.39, 0.29) is 12.3 Å². The minimum Gasteiger partial charge on any atom is -0.465 e. The fourth-order valence-corrected chi connectivity index (χ4v) is 2.43. The van der Waals surface area contributed by atoms with E-state index in [1.807, 2.05) is 0 Å². The third-order valence-electron chi connectivity index (χ3n) is 3.40. The predicted molar refractivity (Wildman–Crippen MR) is 51.1 cm³/mol. The zero-order valence-electron chi connectivity index (χ0n) is 8.37. The highest BCUT2D eigenvalue weighted by molar-refractivity contribution is 5.64. The molecular weight excluding hydrogens is 182 g/mol. The number of hydrogen-bond acceptors (Lipinski definition) is 2. The van der Waals surface area contributed by atoms with E-state index in [1.54, 1.807) is 0 Å². The molecule has 0 bridgehead atoms. The Balaban J connectivity index is 1.90. The largest absolute Gasteiger partial charge is 0.465 e. The van der Waals surface area contributed by atoms with Gasteiger partial charge < -0.3 is 9.84 Å². The van der Waals surface area contributed by atoms with Gasteiger partial charge in [-0.15, -0.1) is 0 Å². The van der Waals surface area contributed by atoms with Crippen LogP contribution < -0.4 is 0 Å². The van der Waals surface area contributed by atoms with Crippen molar-refractivity contribution in [3.8, 4) is 0 Å². The first-order valence-corrected chi connectivity index (χ1v) is 5.34. The maximum Gasteiger partial charge on any atom is 0.409 e. The molecule has 2 rings (SSSR count). The molecule has 2 fully saturated rings. The Morgan fingerprint density at radius 2 is 1.93 bits per heavy atom. The van der Waals surface area contributed by atoms with Crippen LogP contribution >= 0.6 is 0 Å². The molecule has 1 saturated carbocycles. The summed E-state index contributed by atoms with van der Waals surface area (Å²) >= 11 is 0. The van der Waals surface area contributed by atoms with Gasteiger partial charge in [-0.05, 0) is 19.3 Å². The average molecular weight is 199 g/mol. The highest BCUT2D eigenvalue weighted by atomic mass is 16.5. The Morgan fingerprint density at radius 1 is 1.21 bits per heavy atom. The molecule has 1 aliphatic carbocycles. The summed E-state index contributed by atoms with van der Waals surface area (Å²) in [6, 6.07) is 0. The standard InChI is InChI=1S/C10H17NO3/c12-9(13)11-7-6-10(14-8-11)4-2-1-3-5-10/h1-8H2,(H,12,13). The lowest BCUT2D eigenvalue weighted by molar-refractivity contribution is -0.143. The zero-order valence-corrected chi connectivity index (χ0v) is 8.37. The minimum atomic E-state index is -0.865. The van der Waals surface area contributed by atoms with E-state index in [1.165, 1.54) is 24.2 Å². The topological polar surface area (TPSA) is 49.8 Å². The van der Waals surface area contributed by atoms with Crippen molar-refractivity contribution in [2.45, 2.75) is 44.1 Å². The van der Waals surface area contributed by atoms with E-state index >= 15 is 0 Å². The van der Waals surface area contributed by atoms with Crippen molar-refractivity contribution >= 4 is 6.09 Å². The number of carboxylic acid groups (broad SMARTS) is 1. The Bertz CT molecular complexity index is 213. The molecule has 80 valence electrons. The molecule has 0 unspecified atom stereocenters. The minimum absolute atomic E-state index is 0.0181. The van der Waals surface area contributed by atoms with E-state index in [4.69, 9.17) is 9.84 Å². The van der Waals surface area contributed by atoms with E-state index in [2.05, 4.69) is 0 Å². The van der Waals surface area contributed by atoms with Crippen LogP contribution in [0.15, 0.2) is 0 Å². The molecule has 4 heteroatoms. The van der Waals surface area contributed by atoms with Crippen LogP contribution in [0.4, 0.5) is 4.79 Å². The second kappa shape index (κ2) is 3.77. The van der Waals surface area contributed by atoms with Crippen molar-refractivity contribution in [2.75, 3.05) is 13.3 Å². The first-order chi connectivity index (χ1) is 6.72. The summed E-state index contributed by atoms with van der Waals surface area (Å²) in [6.07, 6.45) is 5.99. The lowest BCUT2D eigenvalue weighted by atomic mass is 9.81. The summed E-state index contributed by atoms with van der Waals surface area (Å²) < 4.78 is 5.73. The molecule has 0 aromatic carbocycles. The van der Waals surface area contributed by atoms with Gasteiger partial charge in [0, 0.05) is 6.54 Å². The van der Waals surface area contributed by atoms with E-state index < -0.39 is 6.09 Å². The molecule has 1 heterocycles. The van der Waals surface area contributed by atoms with E-state index in [9.17, 15) is 4.79 Å². The van der Waals surface area contributed by atoms with Crippen molar-refractivity contribution in [3.63, 3.8) is 0 Å². The monoisotopic (exact) mass is 199 g/mol. The van der Waals surface area contributed by atoms with Gasteiger partial charge in [0.2, 0.25) is 0 Å². The van der Waals surface area contributed by atoms with Gasteiger partial charge in [0.1, 0.15) is 6.73 Å². The maximum atomic E-state index is 10.7. The smallest absolute Gasteiger partial charge is 0.409 e. The second-order valence-corrected chi connectivity index (χ2v) is 4.31. The summed E-state index contributed by atoms with van der Waals surface area (Å²) in [7, 11) is 0. The number of nitrogens with zero attached hydrogens (tertiary/aromatic N) is 1. The summed E-state index contributed by atoms with van der Waals surface area (Å²) in [6.45, 7) is 0.894. The molecular formula is C10H17NO3. The predicted octanol–water partition coefficient (Wildman–Crippen LogP) is 2.05. The molecule has 1 amide bonds. The van der Waals surface area contributed by atoms with Gasteiger partial charge in [0.25, 0.3) is 0 Å². The van der Waals surface area contributed by atoms with Crippen LogP contribution in [0.1, 0.15) is 38.5 Å². The normalized spacial score (nSPS) is 26.4. The Hall–Kier alpha value is -0.770. The number of hydrogen-bond donors (Lipinski definition) is 1. The molecule has 0 atom stereocenters. The lowest BCUT2D eigenvalue weighted by Crippen LogP contribution is -2.49. The van der Waals surface area contributed by atoms with Gasteiger partial charge in [-0.2, -0.15) is 0 Å². The molecule has 1 aliphatic heterocycles. The van der Waals surface area contributed by atoms with Crippen LogP contribution in [0.2, 0.25) is 0 Å². The lowest BCUT2D eigenvalue weighted by Gasteiger charge is -2.43. The van der Waals surface area contributed by atoms with E-state index in [0.29, 0.717) is 6.54 Å². The number of carbonyl (C=O) groups is 1. The van der Waals surface area contributed by atoms with Gasteiger partial charge in [0.15, 0.2) is 0 Å². The van der Waals surface area contributed by atoms with Crippen LogP contribution in [0.25, 0.3) is 0 Å². The quantitative estimate of drug-likeness (QED) is 0.649. The molecule has 1 saturated heterocycles. The van der Waals surface area contributed by atoms with Crippen molar-refractivity contribution < 1.29 is 14.6 Å². The number of ether oxygens (including phenoxy) is 1. The van der Waals surface area contributed by atoms with Crippen LogP contribution in [0.5, 0.6) is 0 Å². The fourth-order valence-electron chi connectivity index (χ4n) is 2.43. The van der Waals surface area contributed by atoms with Gasteiger partial charge in [-0.1, -0.05) is 19.3 Å². The molecule has 14 heavy (non-hydrogen) atoms. The van der Waals surface area contributed by atoms with Crippen LogP contribution in [-0.2, 0) is 4.74 Å². The first kappa shape index (κ1) is 9.77. The van der Waals surface area contributed by atoms with Crippen molar-refractivity contribution in [3.05, 3.63) is 0 Å². The van der Waals surface area contributed by atoms with Gasteiger partial charge >= 0.3 is 6.09 Å². The van der Waals surface area contributed by atoms with Gasteiger partial charge in [0.05, 0.1) is 5.60 Å². The van der Waals surface area contributed by atoms with Crippen molar-refractivity contribution in [2.24, 2.45) is 0 Å². The van der Waals surface area contributed by atoms with Crippen LogP contribution in [-0.4, -0.2) is 35.0 Å². The van der Waals surface area contributed by atoms with Gasteiger partial charge in [-0.25, -0.2) is 4.79 Å². The highest BCUT2D eigenvalue weighted by Crippen LogP contribution is 2.36. The van der Waals surface area contributed by atoms with Crippen molar-refractivity contribution in [1.82, 2.24) is 4.90 Å². The average Bonchev–Trinajstić information content (AvgIpc) is 2.19. The van der Waals surface area contributed by atoms with Gasteiger partial charge in [-0.3, -0.25) is 4.90 Å². The molecule has 0 aromatic heterocycles. The van der Waals surface area contributed by atoms with E-state index in [0.717, 1.165) is 19.3 Å². The Morgan fingerprint density at radius 3 is 2.43 bits per heavy atom. The first-order valence-electron chi connectivity index (χ1n) is 5.34. The Labute approximate surface area is 83.8 Å². The summed E-state index contributed by atoms with van der Waals surface area (Å²) in [5.41, 5.74) is 0.0181. The Kier molecular flexibility index (Phi) is 2.63. The molecule has 0 radical (unpaired) electrons. The van der Waals surface area contributed by atoms with Crippen LogP contribution in [0.3, 0.4) is 0 Å². The summed E-state index contributed by atoms with van der Waals surface area (Å²) in [4.78, 5) is 12.0. The van der Waals surface area contributed by atoms with Crippen LogP contribution in [0, 0.1) is 0 Å².